The number of carbonyl (C=O) groups excluding carboxylic acids is 2. The Bertz CT molecular complexity index is 664. The zero-order valence-electron chi connectivity index (χ0n) is 13.4. The highest BCUT2D eigenvalue weighted by Crippen LogP contribution is 2.08. The maximum absolute atomic E-state index is 12.2. The Morgan fingerprint density at radius 3 is 2.57 bits per heavy atom. The van der Waals surface area contributed by atoms with Crippen LogP contribution >= 0.6 is 0 Å². The number of ketones is 1. The van der Waals surface area contributed by atoms with Crippen molar-refractivity contribution in [1.82, 2.24) is 20.2 Å². The van der Waals surface area contributed by atoms with E-state index in [1.807, 2.05) is 24.3 Å². The fraction of sp³-hybridized carbons (Fsp3) is 0.438. The number of nitrogens with zero attached hydrogens (tertiary/aromatic N) is 4. The molecule has 0 unspecified atom stereocenters. The SMILES string of the molecule is CCCc1ccc(C(=O)Cn2nnc(CCC(=O)OC)n2)cc1. The molecule has 23 heavy (non-hydrogen) atoms. The predicted octanol–water partition coefficient (Wildman–Crippen LogP) is 1.61. The van der Waals surface area contributed by atoms with E-state index in [0.29, 0.717) is 17.8 Å². The van der Waals surface area contributed by atoms with Crippen LogP contribution in [0.4, 0.5) is 0 Å². The Morgan fingerprint density at radius 2 is 1.91 bits per heavy atom. The van der Waals surface area contributed by atoms with Crippen molar-refractivity contribution in [2.75, 3.05) is 7.11 Å². The molecule has 1 aromatic heterocycles. The first-order valence-corrected chi connectivity index (χ1v) is 7.58. The number of hydrogen-bond donors (Lipinski definition) is 0. The highest BCUT2D eigenvalue weighted by molar-refractivity contribution is 5.95. The molecule has 0 bridgehead atoms. The lowest BCUT2D eigenvalue weighted by molar-refractivity contribution is -0.140. The summed E-state index contributed by atoms with van der Waals surface area (Å²) in [6, 6.07) is 7.57. The maximum atomic E-state index is 12.2. The number of hydrogen-bond acceptors (Lipinski definition) is 6. The van der Waals surface area contributed by atoms with Crippen LogP contribution in [0.3, 0.4) is 0 Å². The Kier molecular flexibility index (Phi) is 5.96. The van der Waals surface area contributed by atoms with E-state index in [2.05, 4.69) is 27.1 Å². The van der Waals surface area contributed by atoms with Crippen LogP contribution in [0.2, 0.25) is 0 Å². The van der Waals surface area contributed by atoms with E-state index in [0.717, 1.165) is 12.8 Å². The molecule has 0 spiro atoms. The van der Waals surface area contributed by atoms with Crippen LogP contribution < -0.4 is 0 Å². The van der Waals surface area contributed by atoms with Gasteiger partial charge in [0.1, 0.15) is 6.54 Å². The molecular formula is C16H20N4O3. The van der Waals surface area contributed by atoms with Gasteiger partial charge in [-0.15, -0.1) is 10.2 Å². The van der Waals surface area contributed by atoms with E-state index in [9.17, 15) is 9.59 Å². The van der Waals surface area contributed by atoms with Gasteiger partial charge in [0.05, 0.1) is 13.5 Å². The third kappa shape index (κ3) is 4.98. The van der Waals surface area contributed by atoms with Gasteiger partial charge in [-0.05, 0) is 17.2 Å². The number of ether oxygens (including phenoxy) is 1. The number of carbonyl (C=O) groups is 2. The van der Waals surface area contributed by atoms with Crippen molar-refractivity contribution in [2.45, 2.75) is 39.2 Å². The Morgan fingerprint density at radius 1 is 1.17 bits per heavy atom. The van der Waals surface area contributed by atoms with E-state index >= 15 is 0 Å². The Balaban J connectivity index is 1.92. The van der Waals surface area contributed by atoms with Crippen LogP contribution in [0, 0.1) is 0 Å². The van der Waals surface area contributed by atoms with E-state index in [4.69, 9.17) is 0 Å². The molecule has 0 amide bonds. The fourth-order valence-electron chi connectivity index (χ4n) is 2.13. The van der Waals surface area contributed by atoms with Gasteiger partial charge in [-0.25, -0.2) is 0 Å². The zero-order chi connectivity index (χ0) is 16.7. The monoisotopic (exact) mass is 316 g/mol. The summed E-state index contributed by atoms with van der Waals surface area (Å²) in [6.45, 7) is 2.14. The van der Waals surface area contributed by atoms with E-state index < -0.39 is 0 Å². The minimum absolute atomic E-state index is 0.0261. The van der Waals surface area contributed by atoms with Crippen molar-refractivity contribution in [3.63, 3.8) is 0 Å². The van der Waals surface area contributed by atoms with Gasteiger partial charge in [-0.1, -0.05) is 37.6 Å². The summed E-state index contributed by atoms with van der Waals surface area (Å²) in [5.41, 5.74) is 1.84. The second kappa shape index (κ2) is 8.17. The summed E-state index contributed by atoms with van der Waals surface area (Å²) in [5, 5.41) is 11.8. The summed E-state index contributed by atoms with van der Waals surface area (Å²) in [7, 11) is 1.33. The summed E-state index contributed by atoms with van der Waals surface area (Å²) < 4.78 is 4.55. The van der Waals surface area contributed by atoms with Crippen molar-refractivity contribution in [3.8, 4) is 0 Å². The first kappa shape index (κ1) is 16.8. The lowest BCUT2D eigenvalue weighted by Crippen LogP contribution is -2.13. The molecule has 0 aliphatic heterocycles. The van der Waals surface area contributed by atoms with Crippen molar-refractivity contribution >= 4 is 11.8 Å². The minimum Gasteiger partial charge on any atom is -0.469 e. The Hall–Kier alpha value is -2.57. The summed E-state index contributed by atoms with van der Waals surface area (Å²) in [4.78, 5) is 24.5. The van der Waals surface area contributed by atoms with Crippen LogP contribution in [-0.4, -0.2) is 39.1 Å². The van der Waals surface area contributed by atoms with E-state index in [1.54, 1.807) is 0 Å². The first-order chi connectivity index (χ1) is 11.1. The average molecular weight is 316 g/mol. The molecule has 0 radical (unpaired) electrons. The van der Waals surface area contributed by atoms with Crippen LogP contribution in [0.25, 0.3) is 0 Å². The summed E-state index contributed by atoms with van der Waals surface area (Å²) >= 11 is 0. The van der Waals surface area contributed by atoms with Gasteiger partial charge in [0, 0.05) is 12.0 Å². The van der Waals surface area contributed by atoms with Crippen molar-refractivity contribution in [1.29, 1.82) is 0 Å². The topological polar surface area (TPSA) is 87.0 Å². The first-order valence-electron chi connectivity index (χ1n) is 7.58. The smallest absolute Gasteiger partial charge is 0.305 e. The predicted molar refractivity (Wildman–Crippen MR) is 82.9 cm³/mol. The third-order valence-corrected chi connectivity index (χ3v) is 3.37. The number of aromatic nitrogens is 4. The molecule has 0 N–H and O–H groups in total. The van der Waals surface area contributed by atoms with Crippen LogP contribution in [0.5, 0.6) is 0 Å². The largest absolute Gasteiger partial charge is 0.469 e. The summed E-state index contributed by atoms with van der Waals surface area (Å²) in [6.07, 6.45) is 2.61. The normalized spacial score (nSPS) is 10.5. The lowest BCUT2D eigenvalue weighted by Gasteiger charge is -2.02. The van der Waals surface area contributed by atoms with Crippen molar-refractivity contribution in [3.05, 3.63) is 41.2 Å². The molecule has 2 rings (SSSR count). The molecule has 7 nitrogen and oxygen atoms in total. The number of esters is 1. The molecule has 1 heterocycles. The summed E-state index contributed by atoms with van der Waals surface area (Å²) in [5.74, 6) is 0.0102. The molecule has 122 valence electrons. The van der Waals surface area contributed by atoms with Crippen molar-refractivity contribution < 1.29 is 14.3 Å². The molecule has 2 aromatic rings. The second-order valence-electron chi connectivity index (χ2n) is 5.18. The third-order valence-electron chi connectivity index (χ3n) is 3.37. The van der Waals surface area contributed by atoms with Crippen LogP contribution in [0.1, 0.15) is 41.5 Å². The molecule has 0 aliphatic rings. The number of tetrazole rings is 1. The number of methoxy groups -OCH3 is 1. The van der Waals surface area contributed by atoms with Gasteiger partial charge in [0.15, 0.2) is 11.6 Å². The fourth-order valence-corrected chi connectivity index (χ4v) is 2.13. The zero-order valence-corrected chi connectivity index (χ0v) is 13.4. The molecule has 0 saturated heterocycles. The molecule has 7 heteroatoms. The number of aryl methyl sites for hydroxylation is 2. The van der Waals surface area contributed by atoms with Gasteiger partial charge >= 0.3 is 5.97 Å². The second-order valence-corrected chi connectivity index (χ2v) is 5.18. The number of rotatable bonds is 8. The molecule has 0 atom stereocenters. The van der Waals surface area contributed by atoms with E-state index in [-0.39, 0.29) is 24.7 Å². The van der Waals surface area contributed by atoms with E-state index in [1.165, 1.54) is 17.5 Å². The standard InChI is InChI=1S/C16H20N4O3/c1-3-4-12-5-7-13(8-6-12)14(21)11-20-18-15(17-19-20)9-10-16(22)23-2/h5-8H,3-4,9-11H2,1-2H3. The van der Waals surface area contributed by atoms with Gasteiger partial charge in [-0.2, -0.15) is 4.80 Å². The molecule has 0 aliphatic carbocycles. The van der Waals surface area contributed by atoms with Crippen molar-refractivity contribution in [2.24, 2.45) is 0 Å². The highest BCUT2D eigenvalue weighted by atomic mass is 16.5. The average Bonchev–Trinajstić information content (AvgIpc) is 3.01. The molecule has 0 saturated carbocycles. The molecule has 1 aromatic carbocycles. The molecular weight excluding hydrogens is 296 g/mol. The van der Waals surface area contributed by atoms with Crippen LogP contribution in [0.15, 0.2) is 24.3 Å². The quantitative estimate of drug-likeness (QED) is 0.543. The number of benzene rings is 1. The minimum atomic E-state index is -0.329. The van der Waals surface area contributed by atoms with Gasteiger partial charge in [0.25, 0.3) is 0 Å². The lowest BCUT2D eigenvalue weighted by atomic mass is 10.1. The maximum Gasteiger partial charge on any atom is 0.305 e. The Labute approximate surface area is 134 Å². The van der Waals surface area contributed by atoms with Gasteiger partial charge in [0.2, 0.25) is 0 Å². The van der Waals surface area contributed by atoms with Crippen LogP contribution in [-0.2, 0) is 28.9 Å². The molecule has 0 fully saturated rings. The van der Waals surface area contributed by atoms with Gasteiger partial charge < -0.3 is 4.74 Å². The van der Waals surface area contributed by atoms with Gasteiger partial charge in [-0.3, -0.25) is 9.59 Å². The highest BCUT2D eigenvalue weighted by Gasteiger charge is 2.11. The number of Topliss-reactive ketones (excluding diaryl/α,β-unsaturated/α-hetero) is 1.